The molecule has 1 aromatic heterocycles. The van der Waals surface area contributed by atoms with Crippen LogP contribution in [-0.4, -0.2) is 20.3 Å². The molecule has 0 saturated heterocycles. The van der Waals surface area contributed by atoms with Crippen LogP contribution in [0, 0.1) is 0 Å². The minimum absolute atomic E-state index is 0.201. The van der Waals surface area contributed by atoms with Gasteiger partial charge in [-0.1, -0.05) is 13.8 Å². The Labute approximate surface area is 91.9 Å². The molecule has 0 aliphatic carbocycles. The predicted octanol–water partition coefficient (Wildman–Crippen LogP) is 1.87. The van der Waals surface area contributed by atoms with Gasteiger partial charge in [0, 0.05) is 17.0 Å². The molecule has 4 heteroatoms. The zero-order valence-corrected chi connectivity index (χ0v) is 10.6. The maximum Gasteiger partial charge on any atom is 0.140 e. The van der Waals surface area contributed by atoms with Crippen molar-refractivity contribution in [1.82, 2.24) is 14.8 Å². The fourth-order valence-corrected chi connectivity index (χ4v) is 1.36. The van der Waals surface area contributed by atoms with E-state index in [2.05, 4.69) is 42.5 Å². The van der Waals surface area contributed by atoms with E-state index in [4.69, 9.17) is 5.73 Å². The molecular weight excluding hydrogens is 188 g/mol. The molecule has 2 N–H and O–H groups in total. The van der Waals surface area contributed by atoms with Crippen LogP contribution in [0.4, 0.5) is 0 Å². The second-order valence-corrected chi connectivity index (χ2v) is 5.50. The van der Waals surface area contributed by atoms with Gasteiger partial charge in [-0.15, -0.1) is 10.2 Å². The van der Waals surface area contributed by atoms with Crippen molar-refractivity contribution in [1.29, 1.82) is 0 Å². The Kier molecular flexibility index (Phi) is 2.92. The summed E-state index contributed by atoms with van der Waals surface area (Å²) in [5, 5.41) is 8.19. The van der Waals surface area contributed by atoms with Gasteiger partial charge >= 0.3 is 0 Å². The van der Waals surface area contributed by atoms with E-state index in [1.165, 1.54) is 0 Å². The van der Waals surface area contributed by atoms with E-state index in [-0.39, 0.29) is 11.0 Å². The Morgan fingerprint density at radius 1 is 1.27 bits per heavy atom. The van der Waals surface area contributed by atoms with Crippen LogP contribution in [-0.2, 0) is 5.41 Å². The number of rotatable bonds is 3. The summed E-state index contributed by atoms with van der Waals surface area (Å²) in [6, 6.07) is 0.358. The molecule has 0 amide bonds. The SMILES string of the molecule is CC(C)n1cnnc1C(C)(C)C(C)(C)N. The lowest BCUT2D eigenvalue weighted by molar-refractivity contribution is 0.277. The average molecular weight is 210 g/mol. The van der Waals surface area contributed by atoms with Crippen LogP contribution in [0.15, 0.2) is 6.33 Å². The van der Waals surface area contributed by atoms with Crippen molar-refractivity contribution >= 4 is 0 Å². The van der Waals surface area contributed by atoms with E-state index >= 15 is 0 Å². The minimum Gasteiger partial charge on any atom is -0.325 e. The summed E-state index contributed by atoms with van der Waals surface area (Å²) >= 11 is 0. The molecule has 0 aromatic carbocycles. The highest BCUT2D eigenvalue weighted by Crippen LogP contribution is 2.32. The third-order valence-corrected chi connectivity index (χ3v) is 3.30. The fraction of sp³-hybridized carbons (Fsp3) is 0.818. The van der Waals surface area contributed by atoms with Gasteiger partial charge in [0.15, 0.2) is 0 Å². The highest BCUT2D eigenvalue weighted by molar-refractivity contribution is 5.13. The molecular formula is C11H22N4. The van der Waals surface area contributed by atoms with Gasteiger partial charge in [-0.3, -0.25) is 0 Å². The van der Waals surface area contributed by atoms with Crippen LogP contribution in [0.5, 0.6) is 0 Å². The van der Waals surface area contributed by atoms with Crippen LogP contribution in [0.3, 0.4) is 0 Å². The summed E-state index contributed by atoms with van der Waals surface area (Å²) in [6.45, 7) is 12.5. The second-order valence-electron chi connectivity index (χ2n) is 5.50. The molecule has 0 aliphatic rings. The molecule has 0 bridgehead atoms. The summed E-state index contributed by atoms with van der Waals surface area (Å²) in [4.78, 5) is 0. The van der Waals surface area contributed by atoms with Crippen molar-refractivity contribution in [3.05, 3.63) is 12.2 Å². The third kappa shape index (κ3) is 2.04. The maximum atomic E-state index is 6.19. The topological polar surface area (TPSA) is 56.7 Å². The third-order valence-electron chi connectivity index (χ3n) is 3.30. The minimum atomic E-state index is -0.327. The van der Waals surface area contributed by atoms with Gasteiger partial charge in [-0.25, -0.2) is 0 Å². The second kappa shape index (κ2) is 3.59. The molecule has 15 heavy (non-hydrogen) atoms. The number of hydrogen-bond acceptors (Lipinski definition) is 3. The quantitative estimate of drug-likeness (QED) is 0.828. The van der Waals surface area contributed by atoms with Crippen LogP contribution in [0.2, 0.25) is 0 Å². The van der Waals surface area contributed by atoms with E-state index in [1.807, 2.05) is 13.8 Å². The molecule has 0 aliphatic heterocycles. The molecule has 0 saturated carbocycles. The van der Waals surface area contributed by atoms with Crippen molar-refractivity contribution < 1.29 is 0 Å². The number of hydrogen-bond donors (Lipinski definition) is 1. The van der Waals surface area contributed by atoms with Crippen molar-refractivity contribution in [3.8, 4) is 0 Å². The summed E-state index contributed by atoms with van der Waals surface area (Å²) in [6.07, 6.45) is 1.77. The van der Waals surface area contributed by atoms with Gasteiger partial charge in [-0.2, -0.15) is 0 Å². The molecule has 1 heterocycles. The number of aromatic nitrogens is 3. The zero-order chi connectivity index (χ0) is 11.9. The largest absolute Gasteiger partial charge is 0.325 e. The lowest BCUT2D eigenvalue weighted by Gasteiger charge is -2.38. The number of nitrogens with two attached hydrogens (primary N) is 1. The highest BCUT2D eigenvalue weighted by atomic mass is 15.3. The Morgan fingerprint density at radius 2 is 1.80 bits per heavy atom. The van der Waals surface area contributed by atoms with Crippen LogP contribution in [0.25, 0.3) is 0 Å². The van der Waals surface area contributed by atoms with Gasteiger partial charge in [0.1, 0.15) is 12.2 Å². The van der Waals surface area contributed by atoms with Crippen molar-refractivity contribution in [2.45, 2.75) is 58.5 Å². The van der Waals surface area contributed by atoms with Crippen LogP contribution in [0.1, 0.15) is 53.4 Å². The first kappa shape index (κ1) is 12.2. The summed E-state index contributed by atoms with van der Waals surface area (Å²) in [5.74, 6) is 0.949. The van der Waals surface area contributed by atoms with E-state index < -0.39 is 0 Å². The molecule has 4 nitrogen and oxygen atoms in total. The monoisotopic (exact) mass is 210 g/mol. The van der Waals surface area contributed by atoms with Gasteiger partial charge < -0.3 is 10.3 Å². The standard InChI is InChI=1S/C11H22N4/c1-8(2)15-7-13-14-9(15)10(3,4)11(5,6)12/h7-8H,12H2,1-6H3. The van der Waals surface area contributed by atoms with E-state index in [0.717, 1.165) is 5.82 Å². The molecule has 0 radical (unpaired) electrons. The highest BCUT2D eigenvalue weighted by Gasteiger charge is 2.39. The first-order chi connectivity index (χ1) is 6.68. The first-order valence-corrected chi connectivity index (χ1v) is 5.37. The Bertz CT molecular complexity index is 331. The lowest BCUT2D eigenvalue weighted by Crippen LogP contribution is -2.51. The molecule has 86 valence electrons. The van der Waals surface area contributed by atoms with Crippen molar-refractivity contribution in [2.24, 2.45) is 5.73 Å². The molecule has 0 fully saturated rings. The summed E-state index contributed by atoms with van der Waals surface area (Å²) in [7, 11) is 0. The van der Waals surface area contributed by atoms with Crippen LogP contribution >= 0.6 is 0 Å². The van der Waals surface area contributed by atoms with Gasteiger partial charge in [0.2, 0.25) is 0 Å². The first-order valence-electron chi connectivity index (χ1n) is 5.37. The van der Waals surface area contributed by atoms with Crippen molar-refractivity contribution in [2.75, 3.05) is 0 Å². The normalized spacial score (nSPS) is 13.6. The Balaban J connectivity index is 3.21. The molecule has 0 unspecified atom stereocenters. The lowest BCUT2D eigenvalue weighted by atomic mass is 9.74. The van der Waals surface area contributed by atoms with Crippen LogP contribution < -0.4 is 5.73 Å². The van der Waals surface area contributed by atoms with E-state index in [0.29, 0.717) is 6.04 Å². The van der Waals surface area contributed by atoms with E-state index in [1.54, 1.807) is 6.33 Å². The Morgan fingerprint density at radius 3 is 2.20 bits per heavy atom. The Hall–Kier alpha value is -0.900. The van der Waals surface area contributed by atoms with Gasteiger partial charge in [-0.05, 0) is 27.7 Å². The predicted molar refractivity (Wildman–Crippen MR) is 61.7 cm³/mol. The fourth-order valence-electron chi connectivity index (χ4n) is 1.36. The summed E-state index contributed by atoms with van der Waals surface area (Å²) < 4.78 is 2.08. The molecule has 0 spiro atoms. The molecule has 0 atom stereocenters. The van der Waals surface area contributed by atoms with Crippen molar-refractivity contribution in [3.63, 3.8) is 0 Å². The zero-order valence-electron chi connectivity index (χ0n) is 10.6. The van der Waals surface area contributed by atoms with Gasteiger partial charge in [0.05, 0.1) is 0 Å². The maximum absolute atomic E-state index is 6.19. The average Bonchev–Trinajstić information content (AvgIpc) is 2.48. The number of nitrogens with zero attached hydrogens (tertiary/aromatic N) is 3. The van der Waals surface area contributed by atoms with Gasteiger partial charge in [0.25, 0.3) is 0 Å². The molecule has 1 aromatic rings. The molecule has 1 rings (SSSR count). The van der Waals surface area contributed by atoms with E-state index in [9.17, 15) is 0 Å². The summed E-state index contributed by atoms with van der Waals surface area (Å²) in [5.41, 5.74) is 5.67. The smallest absolute Gasteiger partial charge is 0.140 e.